The van der Waals surface area contributed by atoms with Crippen molar-refractivity contribution in [2.45, 2.75) is 19.1 Å². The van der Waals surface area contributed by atoms with Crippen molar-refractivity contribution < 1.29 is 5.11 Å². The molecule has 3 unspecified atom stereocenters. The predicted octanol–water partition coefficient (Wildman–Crippen LogP) is 1.50. The highest BCUT2D eigenvalue weighted by molar-refractivity contribution is 5.15. The normalized spacial score (nSPS) is 31.3. The SMILES string of the molecule is OC(Cc1ccccc1)N1CC2CC2C1. The summed E-state index contributed by atoms with van der Waals surface area (Å²) in [5.74, 6) is 1.80. The lowest BCUT2D eigenvalue weighted by atomic mass is 10.1. The first-order chi connectivity index (χ1) is 7.33. The van der Waals surface area contributed by atoms with Gasteiger partial charge in [0.05, 0.1) is 0 Å². The van der Waals surface area contributed by atoms with E-state index < -0.39 is 0 Å². The molecule has 1 N–H and O–H groups in total. The third kappa shape index (κ3) is 1.92. The highest BCUT2D eigenvalue weighted by Crippen LogP contribution is 2.45. The van der Waals surface area contributed by atoms with E-state index >= 15 is 0 Å². The molecule has 1 aliphatic heterocycles. The first kappa shape index (κ1) is 9.37. The van der Waals surface area contributed by atoms with E-state index in [0.717, 1.165) is 31.3 Å². The van der Waals surface area contributed by atoms with Crippen LogP contribution in [0.1, 0.15) is 12.0 Å². The largest absolute Gasteiger partial charge is 0.378 e. The quantitative estimate of drug-likeness (QED) is 0.804. The number of piperidine rings is 1. The molecular formula is C13H17NO. The number of hydrogen-bond acceptors (Lipinski definition) is 2. The van der Waals surface area contributed by atoms with Crippen LogP contribution in [0.5, 0.6) is 0 Å². The van der Waals surface area contributed by atoms with Gasteiger partial charge in [-0.3, -0.25) is 4.90 Å². The fourth-order valence-corrected chi connectivity index (χ4v) is 2.63. The standard InChI is InChI=1S/C13H17NO/c15-13(6-10-4-2-1-3-5-10)14-8-11-7-12(11)9-14/h1-5,11-13,15H,6-9H2. The van der Waals surface area contributed by atoms with Crippen LogP contribution in [0, 0.1) is 11.8 Å². The maximum Gasteiger partial charge on any atom is 0.111 e. The highest BCUT2D eigenvalue weighted by atomic mass is 16.3. The number of hydrogen-bond donors (Lipinski definition) is 1. The molecule has 2 fully saturated rings. The van der Waals surface area contributed by atoms with Gasteiger partial charge in [-0.1, -0.05) is 30.3 Å². The van der Waals surface area contributed by atoms with Crippen LogP contribution in [0.3, 0.4) is 0 Å². The molecule has 2 aliphatic rings. The van der Waals surface area contributed by atoms with E-state index in [1.807, 2.05) is 18.2 Å². The molecule has 0 aromatic heterocycles. The Morgan fingerprint density at radius 1 is 1.20 bits per heavy atom. The Hall–Kier alpha value is -0.860. The van der Waals surface area contributed by atoms with Crippen molar-refractivity contribution >= 4 is 0 Å². The fraction of sp³-hybridized carbons (Fsp3) is 0.538. The van der Waals surface area contributed by atoms with Crippen molar-refractivity contribution in [2.75, 3.05) is 13.1 Å². The van der Waals surface area contributed by atoms with Crippen LogP contribution in [0.15, 0.2) is 30.3 Å². The van der Waals surface area contributed by atoms with Crippen LogP contribution < -0.4 is 0 Å². The van der Waals surface area contributed by atoms with Gasteiger partial charge in [-0.2, -0.15) is 0 Å². The van der Waals surface area contributed by atoms with Gasteiger partial charge in [0.1, 0.15) is 6.23 Å². The molecule has 0 spiro atoms. The molecule has 1 aromatic carbocycles. The smallest absolute Gasteiger partial charge is 0.111 e. The summed E-state index contributed by atoms with van der Waals surface area (Å²) in [6.45, 7) is 2.22. The lowest BCUT2D eigenvalue weighted by Crippen LogP contribution is -2.36. The van der Waals surface area contributed by atoms with Gasteiger partial charge in [-0.05, 0) is 23.8 Å². The molecule has 80 valence electrons. The van der Waals surface area contributed by atoms with Gasteiger partial charge in [0.25, 0.3) is 0 Å². The molecule has 0 amide bonds. The molecule has 1 aromatic rings. The molecule has 1 aliphatic carbocycles. The Morgan fingerprint density at radius 2 is 1.87 bits per heavy atom. The van der Waals surface area contributed by atoms with E-state index in [9.17, 15) is 5.11 Å². The summed E-state index contributed by atoms with van der Waals surface area (Å²) in [5.41, 5.74) is 1.23. The van der Waals surface area contributed by atoms with Gasteiger partial charge in [0.2, 0.25) is 0 Å². The summed E-state index contributed by atoms with van der Waals surface area (Å²) in [6, 6.07) is 10.2. The third-order valence-electron chi connectivity index (χ3n) is 3.69. The second-order valence-corrected chi connectivity index (χ2v) is 4.88. The van der Waals surface area contributed by atoms with Gasteiger partial charge in [-0.15, -0.1) is 0 Å². The van der Waals surface area contributed by atoms with Crippen LogP contribution in [-0.2, 0) is 6.42 Å². The average Bonchev–Trinajstić information content (AvgIpc) is 2.87. The molecule has 3 atom stereocenters. The Balaban J connectivity index is 1.59. The van der Waals surface area contributed by atoms with Gasteiger partial charge in [-0.25, -0.2) is 0 Å². The van der Waals surface area contributed by atoms with Crippen molar-refractivity contribution in [3.8, 4) is 0 Å². The maximum atomic E-state index is 10.1. The molecule has 1 heterocycles. The zero-order valence-electron chi connectivity index (χ0n) is 8.84. The number of rotatable bonds is 3. The molecule has 1 saturated heterocycles. The number of benzene rings is 1. The fourth-order valence-electron chi connectivity index (χ4n) is 2.63. The molecule has 0 bridgehead atoms. The minimum absolute atomic E-state index is 0.278. The summed E-state index contributed by atoms with van der Waals surface area (Å²) in [7, 11) is 0. The Labute approximate surface area is 90.5 Å². The molecular weight excluding hydrogens is 186 g/mol. The van der Waals surface area contributed by atoms with Crippen molar-refractivity contribution in [1.82, 2.24) is 4.90 Å². The van der Waals surface area contributed by atoms with E-state index in [1.165, 1.54) is 12.0 Å². The summed E-state index contributed by atoms with van der Waals surface area (Å²) in [4.78, 5) is 2.23. The van der Waals surface area contributed by atoms with Gasteiger partial charge < -0.3 is 5.11 Å². The first-order valence-corrected chi connectivity index (χ1v) is 5.79. The van der Waals surface area contributed by atoms with E-state index in [-0.39, 0.29) is 6.23 Å². The summed E-state index contributed by atoms with van der Waals surface area (Å²) < 4.78 is 0. The number of nitrogens with zero attached hydrogens (tertiary/aromatic N) is 1. The van der Waals surface area contributed by atoms with Crippen LogP contribution in [0.25, 0.3) is 0 Å². The summed E-state index contributed by atoms with van der Waals surface area (Å²) in [5, 5.41) is 10.1. The molecule has 2 nitrogen and oxygen atoms in total. The monoisotopic (exact) mass is 203 g/mol. The van der Waals surface area contributed by atoms with Gasteiger partial charge in [0.15, 0.2) is 0 Å². The van der Waals surface area contributed by atoms with E-state index in [1.54, 1.807) is 0 Å². The van der Waals surface area contributed by atoms with E-state index in [2.05, 4.69) is 17.0 Å². The zero-order valence-corrected chi connectivity index (χ0v) is 8.84. The second kappa shape index (κ2) is 3.62. The van der Waals surface area contributed by atoms with Crippen LogP contribution >= 0.6 is 0 Å². The van der Waals surface area contributed by atoms with Crippen molar-refractivity contribution in [3.63, 3.8) is 0 Å². The predicted molar refractivity (Wildman–Crippen MR) is 59.3 cm³/mol. The molecule has 0 radical (unpaired) electrons. The van der Waals surface area contributed by atoms with Crippen LogP contribution in [-0.4, -0.2) is 29.3 Å². The minimum atomic E-state index is -0.278. The van der Waals surface area contributed by atoms with E-state index in [4.69, 9.17) is 0 Å². The first-order valence-electron chi connectivity index (χ1n) is 5.79. The Kier molecular flexibility index (Phi) is 2.26. The van der Waals surface area contributed by atoms with Crippen molar-refractivity contribution in [1.29, 1.82) is 0 Å². The third-order valence-corrected chi connectivity index (χ3v) is 3.69. The van der Waals surface area contributed by atoms with Crippen molar-refractivity contribution in [3.05, 3.63) is 35.9 Å². The number of likely N-dealkylation sites (tertiary alicyclic amines) is 1. The molecule has 1 saturated carbocycles. The number of aliphatic hydroxyl groups excluding tert-OH is 1. The van der Waals surface area contributed by atoms with Gasteiger partial charge >= 0.3 is 0 Å². The highest BCUT2D eigenvalue weighted by Gasteiger charge is 2.46. The van der Waals surface area contributed by atoms with Crippen molar-refractivity contribution in [2.24, 2.45) is 11.8 Å². The lowest BCUT2D eigenvalue weighted by molar-refractivity contribution is 0.0132. The molecule has 2 heteroatoms. The lowest BCUT2D eigenvalue weighted by Gasteiger charge is -2.24. The van der Waals surface area contributed by atoms with Gasteiger partial charge in [0, 0.05) is 19.5 Å². The Morgan fingerprint density at radius 3 is 2.53 bits per heavy atom. The second-order valence-electron chi connectivity index (χ2n) is 4.88. The Bertz CT molecular complexity index is 328. The molecule has 3 rings (SSSR count). The molecule has 15 heavy (non-hydrogen) atoms. The minimum Gasteiger partial charge on any atom is -0.378 e. The summed E-state index contributed by atoms with van der Waals surface area (Å²) in [6.07, 6.45) is 1.88. The topological polar surface area (TPSA) is 23.5 Å². The average molecular weight is 203 g/mol. The van der Waals surface area contributed by atoms with E-state index in [0.29, 0.717) is 0 Å². The number of fused-ring (bicyclic) bond motifs is 1. The maximum absolute atomic E-state index is 10.1. The van der Waals surface area contributed by atoms with Crippen LogP contribution in [0.2, 0.25) is 0 Å². The summed E-state index contributed by atoms with van der Waals surface area (Å²) >= 11 is 0. The zero-order chi connectivity index (χ0) is 10.3. The van der Waals surface area contributed by atoms with Crippen LogP contribution in [0.4, 0.5) is 0 Å². The number of aliphatic hydroxyl groups is 1.